The smallest absolute Gasteiger partial charge is 0.0946 e. The molecule has 1 nitrogen and oxygen atoms in total. The lowest BCUT2D eigenvalue weighted by molar-refractivity contribution is 0.394. The predicted molar refractivity (Wildman–Crippen MR) is 49.6 cm³/mol. The van der Waals surface area contributed by atoms with Crippen LogP contribution in [0.5, 0.6) is 0 Å². The number of hydrogen-bond donors (Lipinski definition) is 1. The molecular weight excluding hydrogens is 136 g/mol. The van der Waals surface area contributed by atoms with Crippen molar-refractivity contribution < 1.29 is 5.11 Å². The summed E-state index contributed by atoms with van der Waals surface area (Å²) in [5, 5.41) is 9.27. The summed E-state index contributed by atoms with van der Waals surface area (Å²) in [6.45, 7) is 9.37. The molecule has 0 bridgehead atoms. The van der Waals surface area contributed by atoms with Crippen LogP contribution in [-0.4, -0.2) is 5.11 Å². The van der Waals surface area contributed by atoms with Crippen molar-refractivity contribution in [2.75, 3.05) is 0 Å². The SMILES string of the molecule is C=C/C(C)=C/CC(O)=C(C)C. The van der Waals surface area contributed by atoms with E-state index in [0.717, 1.165) is 11.1 Å². The van der Waals surface area contributed by atoms with Gasteiger partial charge >= 0.3 is 0 Å². The Balaban J connectivity index is 4.09. The van der Waals surface area contributed by atoms with Gasteiger partial charge in [-0.2, -0.15) is 0 Å². The van der Waals surface area contributed by atoms with E-state index in [0.29, 0.717) is 12.2 Å². The molecule has 0 saturated heterocycles. The van der Waals surface area contributed by atoms with Crippen LogP contribution < -0.4 is 0 Å². The summed E-state index contributed by atoms with van der Waals surface area (Å²) >= 11 is 0. The Bertz CT molecular complexity index is 193. The molecule has 0 aliphatic carbocycles. The van der Waals surface area contributed by atoms with Crippen molar-refractivity contribution in [2.45, 2.75) is 27.2 Å². The first-order valence-electron chi connectivity index (χ1n) is 3.72. The standard InChI is InChI=1S/C10H16O/c1-5-9(4)6-7-10(11)8(2)3/h5-6,11H,1,7H2,2-4H3/b9-6+. The van der Waals surface area contributed by atoms with Crippen molar-refractivity contribution in [3.63, 3.8) is 0 Å². The fourth-order valence-corrected chi connectivity index (χ4v) is 0.545. The van der Waals surface area contributed by atoms with Crippen molar-refractivity contribution >= 4 is 0 Å². The van der Waals surface area contributed by atoms with Gasteiger partial charge in [-0.25, -0.2) is 0 Å². The predicted octanol–water partition coefficient (Wildman–Crippen LogP) is 3.36. The highest BCUT2D eigenvalue weighted by Gasteiger charge is 1.91. The van der Waals surface area contributed by atoms with E-state index < -0.39 is 0 Å². The molecule has 0 aromatic heterocycles. The van der Waals surface area contributed by atoms with Gasteiger partial charge in [0.2, 0.25) is 0 Å². The molecule has 0 atom stereocenters. The van der Waals surface area contributed by atoms with E-state index >= 15 is 0 Å². The number of hydrogen-bond acceptors (Lipinski definition) is 1. The van der Waals surface area contributed by atoms with Crippen molar-refractivity contribution in [3.8, 4) is 0 Å². The first-order chi connectivity index (χ1) is 5.07. The monoisotopic (exact) mass is 152 g/mol. The topological polar surface area (TPSA) is 20.2 Å². The summed E-state index contributed by atoms with van der Waals surface area (Å²) in [7, 11) is 0. The van der Waals surface area contributed by atoms with E-state index in [1.165, 1.54) is 0 Å². The van der Waals surface area contributed by atoms with Crippen molar-refractivity contribution in [1.29, 1.82) is 0 Å². The van der Waals surface area contributed by atoms with Crippen LogP contribution in [0, 0.1) is 0 Å². The Labute approximate surface area is 68.7 Å². The molecule has 62 valence electrons. The van der Waals surface area contributed by atoms with Crippen LogP contribution >= 0.6 is 0 Å². The molecule has 11 heavy (non-hydrogen) atoms. The third-order valence-electron chi connectivity index (χ3n) is 1.52. The van der Waals surface area contributed by atoms with Gasteiger partial charge in [0.05, 0.1) is 5.76 Å². The molecule has 0 aromatic carbocycles. The van der Waals surface area contributed by atoms with E-state index in [4.69, 9.17) is 0 Å². The molecule has 0 saturated carbocycles. The van der Waals surface area contributed by atoms with Gasteiger partial charge in [0.15, 0.2) is 0 Å². The Kier molecular flexibility index (Phi) is 4.35. The zero-order chi connectivity index (χ0) is 8.85. The molecule has 0 rings (SSSR count). The molecule has 0 aromatic rings. The minimum Gasteiger partial charge on any atom is -0.512 e. The molecule has 0 unspecified atom stereocenters. The van der Waals surface area contributed by atoms with Crippen LogP contribution in [0.25, 0.3) is 0 Å². The lowest BCUT2D eigenvalue weighted by Gasteiger charge is -1.97. The Morgan fingerprint density at radius 2 is 1.91 bits per heavy atom. The molecule has 0 heterocycles. The Hall–Kier alpha value is -0.980. The number of aliphatic hydroxyl groups is 1. The Morgan fingerprint density at radius 1 is 1.36 bits per heavy atom. The molecule has 0 amide bonds. The zero-order valence-corrected chi connectivity index (χ0v) is 7.52. The third kappa shape index (κ3) is 4.43. The van der Waals surface area contributed by atoms with Crippen LogP contribution in [0.1, 0.15) is 27.2 Å². The van der Waals surface area contributed by atoms with Crippen LogP contribution in [0.3, 0.4) is 0 Å². The number of allylic oxidation sites excluding steroid dienone is 4. The summed E-state index contributed by atoms with van der Waals surface area (Å²) in [6, 6.07) is 0. The summed E-state index contributed by atoms with van der Waals surface area (Å²) in [5.41, 5.74) is 2.07. The lowest BCUT2D eigenvalue weighted by Crippen LogP contribution is -1.82. The largest absolute Gasteiger partial charge is 0.512 e. The van der Waals surface area contributed by atoms with E-state index in [2.05, 4.69) is 6.58 Å². The third-order valence-corrected chi connectivity index (χ3v) is 1.52. The first kappa shape index (κ1) is 10.0. The number of aliphatic hydroxyl groups excluding tert-OH is 1. The van der Waals surface area contributed by atoms with Gasteiger partial charge in [-0.3, -0.25) is 0 Å². The quantitative estimate of drug-likeness (QED) is 0.485. The maximum absolute atomic E-state index is 9.27. The van der Waals surface area contributed by atoms with Gasteiger partial charge in [-0.1, -0.05) is 24.3 Å². The average Bonchev–Trinajstić information content (AvgIpc) is 1.99. The highest BCUT2D eigenvalue weighted by atomic mass is 16.3. The summed E-state index contributed by atoms with van der Waals surface area (Å²) in [5.74, 6) is 0.450. The van der Waals surface area contributed by atoms with Crippen LogP contribution in [-0.2, 0) is 0 Å². The molecular formula is C10H16O. The molecule has 0 aliphatic heterocycles. The normalized spacial score (nSPS) is 11.0. The maximum Gasteiger partial charge on any atom is 0.0946 e. The summed E-state index contributed by atoms with van der Waals surface area (Å²) in [4.78, 5) is 0. The molecule has 0 radical (unpaired) electrons. The van der Waals surface area contributed by atoms with Crippen LogP contribution in [0.4, 0.5) is 0 Å². The minimum atomic E-state index is 0.450. The van der Waals surface area contributed by atoms with Gasteiger partial charge in [0.25, 0.3) is 0 Å². The molecule has 0 spiro atoms. The van der Waals surface area contributed by atoms with Crippen LogP contribution in [0.15, 0.2) is 35.6 Å². The van der Waals surface area contributed by atoms with Crippen molar-refractivity contribution in [3.05, 3.63) is 35.6 Å². The fourth-order valence-electron chi connectivity index (χ4n) is 0.545. The Morgan fingerprint density at radius 3 is 2.27 bits per heavy atom. The highest BCUT2D eigenvalue weighted by molar-refractivity contribution is 5.16. The second-order valence-electron chi connectivity index (χ2n) is 2.80. The van der Waals surface area contributed by atoms with Crippen LogP contribution in [0.2, 0.25) is 0 Å². The van der Waals surface area contributed by atoms with Gasteiger partial charge in [0, 0.05) is 6.42 Å². The second kappa shape index (κ2) is 4.78. The van der Waals surface area contributed by atoms with Crippen molar-refractivity contribution in [1.82, 2.24) is 0 Å². The van der Waals surface area contributed by atoms with E-state index in [1.807, 2.05) is 26.8 Å². The summed E-state index contributed by atoms with van der Waals surface area (Å²) in [6.07, 6.45) is 4.34. The van der Waals surface area contributed by atoms with E-state index in [-0.39, 0.29) is 0 Å². The second-order valence-corrected chi connectivity index (χ2v) is 2.80. The summed E-state index contributed by atoms with van der Waals surface area (Å²) < 4.78 is 0. The first-order valence-corrected chi connectivity index (χ1v) is 3.72. The lowest BCUT2D eigenvalue weighted by atomic mass is 10.2. The highest BCUT2D eigenvalue weighted by Crippen LogP contribution is 2.06. The van der Waals surface area contributed by atoms with Crippen molar-refractivity contribution in [2.24, 2.45) is 0 Å². The molecule has 1 heteroatoms. The van der Waals surface area contributed by atoms with Gasteiger partial charge in [-0.05, 0) is 26.3 Å². The van der Waals surface area contributed by atoms with E-state index in [9.17, 15) is 5.11 Å². The maximum atomic E-state index is 9.27. The minimum absolute atomic E-state index is 0.450. The average molecular weight is 152 g/mol. The molecule has 0 aliphatic rings. The molecule has 0 fully saturated rings. The zero-order valence-electron chi connectivity index (χ0n) is 7.52. The van der Waals surface area contributed by atoms with Gasteiger partial charge in [-0.15, -0.1) is 0 Å². The van der Waals surface area contributed by atoms with Gasteiger partial charge in [0.1, 0.15) is 0 Å². The van der Waals surface area contributed by atoms with Gasteiger partial charge < -0.3 is 5.11 Å². The van der Waals surface area contributed by atoms with E-state index in [1.54, 1.807) is 6.08 Å². The fraction of sp³-hybridized carbons (Fsp3) is 0.400. The number of rotatable bonds is 3. The molecule has 1 N–H and O–H groups in total.